The normalized spacial score (nSPS) is 11.5. The molecule has 0 aliphatic heterocycles. The molecule has 5 aromatic rings. The third-order valence-corrected chi connectivity index (χ3v) is 6.23. The van der Waals surface area contributed by atoms with Crippen LogP contribution in [0.15, 0.2) is 79.0 Å². The van der Waals surface area contributed by atoms with Crippen molar-refractivity contribution < 1.29 is 0 Å². The second kappa shape index (κ2) is 9.65. The summed E-state index contributed by atoms with van der Waals surface area (Å²) in [6, 6.07) is 25.4. The molecule has 5 heteroatoms. The zero-order valence-electron chi connectivity index (χ0n) is 20.1. The minimum atomic E-state index is 0.764. The van der Waals surface area contributed by atoms with Gasteiger partial charge >= 0.3 is 0 Å². The van der Waals surface area contributed by atoms with Gasteiger partial charge < -0.3 is 14.8 Å². The lowest BCUT2D eigenvalue weighted by Gasteiger charge is -2.13. The van der Waals surface area contributed by atoms with Gasteiger partial charge in [-0.15, -0.1) is 0 Å². The number of hydrogen-bond donors (Lipinski definition) is 1. The molecule has 5 nitrogen and oxygen atoms in total. The highest BCUT2D eigenvalue weighted by atomic mass is 15.1. The van der Waals surface area contributed by atoms with Gasteiger partial charge in [0, 0.05) is 41.1 Å². The number of fused-ring (bicyclic) bond motifs is 2. The lowest BCUT2D eigenvalue weighted by atomic mass is 10.1. The van der Waals surface area contributed by atoms with Crippen LogP contribution in [-0.4, -0.2) is 46.6 Å². The molecule has 34 heavy (non-hydrogen) atoms. The van der Waals surface area contributed by atoms with Gasteiger partial charge in [-0.05, 0) is 57.2 Å². The summed E-state index contributed by atoms with van der Waals surface area (Å²) in [5.41, 5.74) is 5.68. The van der Waals surface area contributed by atoms with Crippen molar-refractivity contribution in [3.05, 3.63) is 90.1 Å². The van der Waals surface area contributed by atoms with E-state index in [0.717, 1.165) is 59.7 Å². The summed E-state index contributed by atoms with van der Waals surface area (Å²) in [6.07, 6.45) is 3.25. The Kier molecular flexibility index (Phi) is 6.28. The Balaban J connectivity index is 1.60. The van der Waals surface area contributed by atoms with Crippen LogP contribution in [-0.2, 0) is 6.54 Å². The summed E-state index contributed by atoms with van der Waals surface area (Å²) in [7, 11) is 4.21. The summed E-state index contributed by atoms with van der Waals surface area (Å²) in [5, 5.41) is 5.83. The van der Waals surface area contributed by atoms with Crippen molar-refractivity contribution in [2.24, 2.45) is 0 Å². The Bertz CT molecular complexity index is 1420. The van der Waals surface area contributed by atoms with E-state index in [9.17, 15) is 0 Å². The van der Waals surface area contributed by atoms with Crippen molar-refractivity contribution in [3.63, 3.8) is 0 Å². The predicted octanol–water partition coefficient (Wildman–Crippen LogP) is 5.97. The van der Waals surface area contributed by atoms with E-state index in [1.54, 1.807) is 0 Å². The molecule has 0 saturated heterocycles. The summed E-state index contributed by atoms with van der Waals surface area (Å²) >= 11 is 0. The molecule has 0 aliphatic carbocycles. The molecule has 0 bridgehead atoms. The van der Waals surface area contributed by atoms with Crippen LogP contribution >= 0.6 is 0 Å². The molecule has 172 valence electrons. The van der Waals surface area contributed by atoms with E-state index in [0.29, 0.717) is 0 Å². The number of benzene rings is 3. The van der Waals surface area contributed by atoms with E-state index in [1.807, 2.05) is 0 Å². The second-order valence-electron chi connectivity index (χ2n) is 9.12. The summed E-state index contributed by atoms with van der Waals surface area (Å²) < 4.78 is 2.30. The van der Waals surface area contributed by atoms with Crippen molar-refractivity contribution in [1.82, 2.24) is 19.4 Å². The molecule has 1 N–H and O–H groups in total. The van der Waals surface area contributed by atoms with Crippen molar-refractivity contribution >= 4 is 27.6 Å². The molecule has 0 radical (unpaired) electrons. The number of hydrogen-bond acceptors (Lipinski definition) is 4. The van der Waals surface area contributed by atoms with Crippen molar-refractivity contribution in [3.8, 4) is 11.4 Å². The van der Waals surface area contributed by atoms with Gasteiger partial charge in [-0.3, -0.25) is 0 Å². The number of anilines is 1. The number of nitrogens with one attached hydrogen (secondary N) is 1. The van der Waals surface area contributed by atoms with Crippen molar-refractivity contribution in [2.75, 3.05) is 32.5 Å². The van der Waals surface area contributed by atoms with Gasteiger partial charge in [0.2, 0.25) is 0 Å². The van der Waals surface area contributed by atoms with Crippen LogP contribution in [0.25, 0.3) is 33.2 Å². The molecule has 5 rings (SSSR count). The maximum atomic E-state index is 5.06. The zero-order chi connectivity index (χ0) is 23.5. The minimum Gasteiger partial charge on any atom is -0.369 e. The van der Waals surface area contributed by atoms with E-state index < -0.39 is 0 Å². The van der Waals surface area contributed by atoms with E-state index in [4.69, 9.17) is 9.97 Å². The van der Waals surface area contributed by atoms with Crippen LogP contribution in [0.4, 0.5) is 5.82 Å². The van der Waals surface area contributed by atoms with Crippen LogP contribution < -0.4 is 5.32 Å². The number of aryl methyl sites for hydroxylation is 1. The van der Waals surface area contributed by atoms with Gasteiger partial charge in [0.05, 0.1) is 5.52 Å². The van der Waals surface area contributed by atoms with Crippen LogP contribution in [0.3, 0.4) is 0 Å². The lowest BCUT2D eigenvalue weighted by Crippen LogP contribution is -2.17. The number of aromatic nitrogens is 3. The quantitative estimate of drug-likeness (QED) is 0.296. The Hall–Kier alpha value is -3.70. The smallest absolute Gasteiger partial charge is 0.164 e. The Labute approximate surface area is 201 Å². The highest BCUT2D eigenvalue weighted by molar-refractivity contribution is 5.98. The summed E-state index contributed by atoms with van der Waals surface area (Å²) in [6.45, 7) is 4.83. The average molecular weight is 450 g/mol. The zero-order valence-corrected chi connectivity index (χ0v) is 20.1. The topological polar surface area (TPSA) is 46.0 Å². The molecular formula is C29H31N5. The first kappa shape index (κ1) is 22.1. The van der Waals surface area contributed by atoms with E-state index in [1.165, 1.54) is 16.5 Å². The molecule has 2 aromatic heterocycles. The second-order valence-corrected chi connectivity index (χ2v) is 9.12. The molecule has 0 unspecified atom stereocenters. The van der Waals surface area contributed by atoms with Crippen molar-refractivity contribution in [2.45, 2.75) is 19.9 Å². The van der Waals surface area contributed by atoms with Crippen LogP contribution in [0.2, 0.25) is 0 Å². The molecular weight excluding hydrogens is 418 g/mol. The summed E-state index contributed by atoms with van der Waals surface area (Å²) in [4.78, 5) is 12.3. The molecule has 0 saturated carbocycles. The molecule has 0 spiro atoms. The van der Waals surface area contributed by atoms with Gasteiger partial charge in [-0.1, -0.05) is 60.7 Å². The van der Waals surface area contributed by atoms with Gasteiger partial charge in [0.25, 0.3) is 0 Å². The van der Waals surface area contributed by atoms with Crippen LogP contribution in [0.5, 0.6) is 0 Å². The van der Waals surface area contributed by atoms with Gasteiger partial charge in [0.1, 0.15) is 5.82 Å². The highest BCUT2D eigenvalue weighted by Gasteiger charge is 2.16. The lowest BCUT2D eigenvalue weighted by molar-refractivity contribution is 0.405. The molecule has 3 aromatic carbocycles. The third kappa shape index (κ3) is 4.52. The van der Waals surface area contributed by atoms with Crippen LogP contribution in [0, 0.1) is 6.92 Å². The fourth-order valence-electron chi connectivity index (χ4n) is 4.49. The van der Waals surface area contributed by atoms with Crippen molar-refractivity contribution in [1.29, 1.82) is 0 Å². The minimum absolute atomic E-state index is 0.764. The highest BCUT2D eigenvalue weighted by Crippen LogP contribution is 2.32. The number of para-hydroxylation sites is 2. The van der Waals surface area contributed by atoms with Crippen LogP contribution in [0.1, 0.15) is 17.5 Å². The van der Waals surface area contributed by atoms with Gasteiger partial charge in [-0.2, -0.15) is 0 Å². The maximum absolute atomic E-state index is 5.06. The SMILES string of the molecule is Cc1cccc2c(NCCCN(C)C)nc(-c3cn(Cc4ccccc4)c4ccccc34)nc12. The predicted molar refractivity (Wildman–Crippen MR) is 142 cm³/mol. The maximum Gasteiger partial charge on any atom is 0.164 e. The largest absolute Gasteiger partial charge is 0.369 e. The Morgan fingerprint density at radius 1 is 0.853 bits per heavy atom. The van der Waals surface area contributed by atoms with E-state index in [-0.39, 0.29) is 0 Å². The first-order chi connectivity index (χ1) is 16.6. The molecule has 2 heterocycles. The molecule has 0 amide bonds. The molecule has 0 atom stereocenters. The first-order valence-corrected chi connectivity index (χ1v) is 11.9. The molecule has 0 aliphatic rings. The van der Waals surface area contributed by atoms with E-state index in [2.05, 4.69) is 115 Å². The van der Waals surface area contributed by atoms with Gasteiger partial charge in [0.15, 0.2) is 5.82 Å². The fraction of sp³-hybridized carbons (Fsp3) is 0.241. The third-order valence-electron chi connectivity index (χ3n) is 6.23. The summed E-state index contributed by atoms with van der Waals surface area (Å²) in [5.74, 6) is 1.67. The molecule has 0 fully saturated rings. The van der Waals surface area contributed by atoms with E-state index >= 15 is 0 Å². The number of nitrogens with zero attached hydrogens (tertiary/aromatic N) is 4. The first-order valence-electron chi connectivity index (χ1n) is 11.9. The Morgan fingerprint density at radius 2 is 1.62 bits per heavy atom. The number of rotatable bonds is 8. The Morgan fingerprint density at radius 3 is 2.44 bits per heavy atom. The monoisotopic (exact) mass is 449 g/mol. The van der Waals surface area contributed by atoms with Gasteiger partial charge in [-0.25, -0.2) is 9.97 Å². The standard InChI is InChI=1S/C29H31N5/c1-21-11-9-15-24-27(21)31-29(32-28(24)30-17-10-18-33(2)3)25-20-34(19-22-12-5-4-6-13-22)26-16-8-7-14-23(25)26/h4-9,11-16,20H,10,17-19H2,1-3H3,(H,30,31,32). The fourth-order valence-corrected chi connectivity index (χ4v) is 4.49. The average Bonchev–Trinajstić information content (AvgIpc) is 3.21.